The van der Waals surface area contributed by atoms with Gasteiger partial charge in [-0.15, -0.1) is 0 Å². The molecule has 1 heterocycles. The van der Waals surface area contributed by atoms with Gasteiger partial charge in [-0.05, 0) is 22.3 Å². The molecule has 0 spiro atoms. The summed E-state index contributed by atoms with van der Waals surface area (Å²) in [6, 6.07) is 17.2. The molecule has 0 radical (unpaired) electrons. The van der Waals surface area contributed by atoms with Crippen LogP contribution in [0.4, 0.5) is 0 Å². The maximum absolute atomic E-state index is 5.67. The van der Waals surface area contributed by atoms with E-state index in [4.69, 9.17) is 10.5 Å². The van der Waals surface area contributed by atoms with Crippen molar-refractivity contribution in [2.24, 2.45) is 5.73 Å². The molecule has 3 rings (SSSR count). The highest BCUT2D eigenvalue weighted by Crippen LogP contribution is 2.25. The molecule has 110 valence electrons. The van der Waals surface area contributed by atoms with Crippen LogP contribution in [0.3, 0.4) is 0 Å². The van der Waals surface area contributed by atoms with Crippen molar-refractivity contribution in [1.82, 2.24) is 4.90 Å². The molecule has 3 heteroatoms. The van der Waals surface area contributed by atoms with E-state index < -0.39 is 0 Å². The summed E-state index contributed by atoms with van der Waals surface area (Å²) in [5, 5.41) is 0. The highest BCUT2D eigenvalue weighted by molar-refractivity contribution is 5.67. The van der Waals surface area contributed by atoms with E-state index in [-0.39, 0.29) is 0 Å². The van der Waals surface area contributed by atoms with Gasteiger partial charge in [-0.3, -0.25) is 4.90 Å². The summed E-state index contributed by atoms with van der Waals surface area (Å²) < 4.78 is 5.42. The summed E-state index contributed by atoms with van der Waals surface area (Å²) in [4.78, 5) is 2.45. The molecule has 0 aromatic heterocycles. The lowest BCUT2D eigenvalue weighted by atomic mass is 9.98. The second-order valence-electron chi connectivity index (χ2n) is 5.45. The van der Waals surface area contributed by atoms with Gasteiger partial charge in [0.25, 0.3) is 0 Å². The van der Waals surface area contributed by atoms with Gasteiger partial charge in [0.2, 0.25) is 0 Å². The van der Waals surface area contributed by atoms with Crippen molar-refractivity contribution in [2.45, 2.75) is 13.1 Å². The summed E-state index contributed by atoms with van der Waals surface area (Å²) in [6.45, 7) is 5.29. The van der Waals surface area contributed by atoms with Gasteiger partial charge in [0.1, 0.15) is 0 Å². The summed E-state index contributed by atoms with van der Waals surface area (Å²) >= 11 is 0. The van der Waals surface area contributed by atoms with Crippen LogP contribution in [0, 0.1) is 0 Å². The van der Waals surface area contributed by atoms with Crippen LogP contribution < -0.4 is 5.73 Å². The van der Waals surface area contributed by atoms with Crippen LogP contribution in [-0.2, 0) is 17.8 Å². The number of benzene rings is 2. The summed E-state index contributed by atoms with van der Waals surface area (Å²) in [6.07, 6.45) is 0. The number of hydrogen-bond donors (Lipinski definition) is 1. The Morgan fingerprint density at radius 1 is 0.952 bits per heavy atom. The van der Waals surface area contributed by atoms with Crippen LogP contribution >= 0.6 is 0 Å². The van der Waals surface area contributed by atoms with E-state index in [0.29, 0.717) is 6.54 Å². The van der Waals surface area contributed by atoms with Crippen LogP contribution in [-0.4, -0.2) is 31.2 Å². The predicted octanol–water partition coefficient (Wildman–Crippen LogP) is 2.64. The SMILES string of the molecule is NCc1ccc(-c2ccccc2CN2CCOCC2)cc1. The van der Waals surface area contributed by atoms with Crippen LogP contribution in [0.1, 0.15) is 11.1 Å². The topological polar surface area (TPSA) is 38.5 Å². The van der Waals surface area contributed by atoms with Crippen molar-refractivity contribution in [1.29, 1.82) is 0 Å². The molecule has 21 heavy (non-hydrogen) atoms. The van der Waals surface area contributed by atoms with E-state index in [9.17, 15) is 0 Å². The monoisotopic (exact) mass is 282 g/mol. The Labute approximate surface area is 126 Å². The molecule has 0 amide bonds. The fourth-order valence-electron chi connectivity index (χ4n) is 2.76. The molecule has 0 unspecified atom stereocenters. The first kappa shape index (κ1) is 14.3. The lowest BCUT2D eigenvalue weighted by Crippen LogP contribution is -2.35. The van der Waals surface area contributed by atoms with Crippen molar-refractivity contribution >= 4 is 0 Å². The first-order valence-electron chi connectivity index (χ1n) is 7.54. The fraction of sp³-hybridized carbons (Fsp3) is 0.333. The van der Waals surface area contributed by atoms with E-state index >= 15 is 0 Å². The smallest absolute Gasteiger partial charge is 0.0594 e. The molecule has 1 aliphatic heterocycles. The third-order valence-electron chi connectivity index (χ3n) is 4.02. The Hall–Kier alpha value is -1.68. The molecule has 3 nitrogen and oxygen atoms in total. The molecule has 2 N–H and O–H groups in total. The fourth-order valence-corrected chi connectivity index (χ4v) is 2.76. The zero-order valence-corrected chi connectivity index (χ0v) is 12.3. The Kier molecular flexibility index (Phi) is 4.65. The summed E-state index contributed by atoms with van der Waals surface area (Å²) in [5.74, 6) is 0. The van der Waals surface area contributed by atoms with Crippen molar-refractivity contribution in [3.05, 3.63) is 59.7 Å². The molecule has 1 saturated heterocycles. The third-order valence-corrected chi connectivity index (χ3v) is 4.02. The zero-order chi connectivity index (χ0) is 14.5. The van der Waals surface area contributed by atoms with Crippen LogP contribution in [0.5, 0.6) is 0 Å². The molecule has 0 bridgehead atoms. The van der Waals surface area contributed by atoms with Gasteiger partial charge in [-0.1, -0.05) is 48.5 Å². The number of nitrogens with two attached hydrogens (primary N) is 1. The van der Waals surface area contributed by atoms with Crippen LogP contribution in [0.2, 0.25) is 0 Å². The highest BCUT2D eigenvalue weighted by atomic mass is 16.5. The summed E-state index contributed by atoms with van der Waals surface area (Å²) in [7, 11) is 0. The number of hydrogen-bond acceptors (Lipinski definition) is 3. The zero-order valence-electron chi connectivity index (χ0n) is 12.3. The van der Waals surface area contributed by atoms with Crippen LogP contribution in [0.15, 0.2) is 48.5 Å². The van der Waals surface area contributed by atoms with E-state index in [0.717, 1.165) is 32.8 Å². The number of nitrogens with zero attached hydrogens (tertiary/aromatic N) is 1. The minimum atomic E-state index is 0.593. The second-order valence-corrected chi connectivity index (χ2v) is 5.45. The molecule has 0 atom stereocenters. The van der Waals surface area contributed by atoms with Gasteiger partial charge in [0.15, 0.2) is 0 Å². The van der Waals surface area contributed by atoms with Crippen molar-refractivity contribution < 1.29 is 4.74 Å². The highest BCUT2D eigenvalue weighted by Gasteiger charge is 2.13. The molecule has 2 aromatic rings. The Bertz CT molecular complexity index is 574. The van der Waals surface area contributed by atoms with Gasteiger partial charge in [0.05, 0.1) is 13.2 Å². The minimum Gasteiger partial charge on any atom is -0.379 e. The normalized spacial score (nSPS) is 16.0. The predicted molar refractivity (Wildman–Crippen MR) is 85.9 cm³/mol. The van der Waals surface area contributed by atoms with E-state index in [1.165, 1.54) is 22.3 Å². The molecule has 0 aliphatic carbocycles. The van der Waals surface area contributed by atoms with E-state index in [2.05, 4.69) is 53.4 Å². The van der Waals surface area contributed by atoms with Gasteiger partial charge in [-0.2, -0.15) is 0 Å². The third kappa shape index (κ3) is 3.50. The molecular weight excluding hydrogens is 260 g/mol. The van der Waals surface area contributed by atoms with Crippen LogP contribution in [0.25, 0.3) is 11.1 Å². The Morgan fingerprint density at radius 2 is 1.67 bits per heavy atom. The molecular formula is C18H22N2O. The second kappa shape index (κ2) is 6.85. The maximum Gasteiger partial charge on any atom is 0.0594 e. The number of morpholine rings is 1. The average molecular weight is 282 g/mol. The molecule has 0 saturated carbocycles. The van der Waals surface area contributed by atoms with Crippen molar-refractivity contribution in [3.8, 4) is 11.1 Å². The molecule has 1 fully saturated rings. The van der Waals surface area contributed by atoms with Crippen molar-refractivity contribution in [2.75, 3.05) is 26.3 Å². The van der Waals surface area contributed by atoms with Gasteiger partial charge < -0.3 is 10.5 Å². The summed E-state index contributed by atoms with van der Waals surface area (Å²) in [5.41, 5.74) is 10.8. The Morgan fingerprint density at radius 3 is 2.38 bits per heavy atom. The van der Waals surface area contributed by atoms with Gasteiger partial charge in [0, 0.05) is 26.2 Å². The van der Waals surface area contributed by atoms with Crippen molar-refractivity contribution in [3.63, 3.8) is 0 Å². The lowest BCUT2D eigenvalue weighted by molar-refractivity contribution is 0.0342. The Balaban J connectivity index is 1.83. The van der Waals surface area contributed by atoms with E-state index in [1.807, 2.05) is 0 Å². The lowest BCUT2D eigenvalue weighted by Gasteiger charge is -2.27. The first-order valence-corrected chi connectivity index (χ1v) is 7.54. The quantitative estimate of drug-likeness (QED) is 0.937. The number of ether oxygens (including phenoxy) is 1. The standard InChI is InChI=1S/C18H22N2O/c19-13-15-5-7-16(8-6-15)18-4-2-1-3-17(18)14-20-9-11-21-12-10-20/h1-8H,9-14,19H2. The number of rotatable bonds is 4. The molecule has 2 aromatic carbocycles. The van der Waals surface area contributed by atoms with Gasteiger partial charge >= 0.3 is 0 Å². The maximum atomic E-state index is 5.67. The van der Waals surface area contributed by atoms with Gasteiger partial charge in [-0.25, -0.2) is 0 Å². The minimum absolute atomic E-state index is 0.593. The van der Waals surface area contributed by atoms with E-state index in [1.54, 1.807) is 0 Å². The largest absolute Gasteiger partial charge is 0.379 e. The average Bonchev–Trinajstić information content (AvgIpc) is 2.56. The first-order chi connectivity index (χ1) is 10.4. The molecule has 1 aliphatic rings.